The number of ether oxygens (including phenoxy) is 2. The molecule has 1 atom stereocenters. The third-order valence-corrected chi connectivity index (χ3v) is 3.64. The van der Waals surface area contributed by atoms with E-state index in [0.717, 1.165) is 37.8 Å². The molecule has 3 heteroatoms. The van der Waals surface area contributed by atoms with E-state index in [1.807, 2.05) is 0 Å². The predicted octanol–water partition coefficient (Wildman–Crippen LogP) is 3.20. The molecule has 0 spiro atoms. The molecule has 1 aromatic carbocycles. The Morgan fingerprint density at radius 2 is 1.95 bits per heavy atom. The van der Waals surface area contributed by atoms with Gasteiger partial charge in [0, 0.05) is 13.7 Å². The smallest absolute Gasteiger partial charge is 0.122 e. The second-order valence-corrected chi connectivity index (χ2v) is 5.49. The number of methoxy groups -OCH3 is 2. The highest BCUT2D eigenvalue weighted by Crippen LogP contribution is 2.23. The molecule has 0 heterocycles. The first-order valence-corrected chi connectivity index (χ1v) is 7.50. The molecule has 0 fully saturated rings. The first-order valence-electron chi connectivity index (χ1n) is 7.50. The Kier molecular flexibility index (Phi) is 8.31. The van der Waals surface area contributed by atoms with Gasteiger partial charge < -0.3 is 14.8 Å². The Bertz CT molecular complexity index is 379. The number of benzene rings is 1. The van der Waals surface area contributed by atoms with Crippen LogP contribution in [0.2, 0.25) is 0 Å². The summed E-state index contributed by atoms with van der Waals surface area (Å²) >= 11 is 0. The Morgan fingerprint density at radius 1 is 1.15 bits per heavy atom. The van der Waals surface area contributed by atoms with Crippen LogP contribution in [0.3, 0.4) is 0 Å². The molecule has 114 valence electrons. The van der Waals surface area contributed by atoms with Crippen molar-refractivity contribution in [2.45, 2.75) is 33.1 Å². The second-order valence-electron chi connectivity index (χ2n) is 5.49. The number of hydrogen-bond acceptors (Lipinski definition) is 3. The summed E-state index contributed by atoms with van der Waals surface area (Å²) in [7, 11) is 3.48. The van der Waals surface area contributed by atoms with E-state index in [2.05, 4.69) is 37.4 Å². The molecule has 0 amide bonds. The molecule has 0 saturated heterocycles. The van der Waals surface area contributed by atoms with E-state index < -0.39 is 0 Å². The van der Waals surface area contributed by atoms with Gasteiger partial charge in [-0.1, -0.05) is 24.6 Å². The van der Waals surface area contributed by atoms with Gasteiger partial charge in [0.05, 0.1) is 13.7 Å². The van der Waals surface area contributed by atoms with Gasteiger partial charge in [-0.2, -0.15) is 0 Å². The highest BCUT2D eigenvalue weighted by Gasteiger charge is 2.07. The highest BCUT2D eigenvalue weighted by molar-refractivity contribution is 5.36. The summed E-state index contributed by atoms with van der Waals surface area (Å²) in [5.41, 5.74) is 2.63. The van der Waals surface area contributed by atoms with Gasteiger partial charge in [0.1, 0.15) is 5.75 Å². The lowest BCUT2D eigenvalue weighted by Crippen LogP contribution is -2.21. The van der Waals surface area contributed by atoms with Crippen LogP contribution in [0.15, 0.2) is 18.2 Å². The van der Waals surface area contributed by atoms with Crippen molar-refractivity contribution in [3.63, 3.8) is 0 Å². The number of hydrogen-bond donors (Lipinski definition) is 1. The molecule has 1 aromatic rings. The summed E-state index contributed by atoms with van der Waals surface area (Å²) in [6, 6.07) is 6.41. The van der Waals surface area contributed by atoms with Crippen LogP contribution in [0.5, 0.6) is 5.75 Å². The molecular weight excluding hydrogens is 250 g/mol. The quantitative estimate of drug-likeness (QED) is 0.667. The zero-order valence-electron chi connectivity index (χ0n) is 13.4. The molecule has 0 aliphatic carbocycles. The van der Waals surface area contributed by atoms with Crippen molar-refractivity contribution in [1.82, 2.24) is 5.32 Å². The van der Waals surface area contributed by atoms with Gasteiger partial charge in [-0.3, -0.25) is 0 Å². The van der Waals surface area contributed by atoms with Crippen molar-refractivity contribution in [3.8, 4) is 5.75 Å². The van der Waals surface area contributed by atoms with Crippen LogP contribution in [0.1, 0.15) is 30.9 Å². The number of nitrogens with one attached hydrogen (secondary N) is 1. The van der Waals surface area contributed by atoms with Crippen molar-refractivity contribution in [2.75, 3.05) is 33.9 Å². The molecule has 1 N–H and O–H groups in total. The van der Waals surface area contributed by atoms with Gasteiger partial charge in [-0.25, -0.2) is 0 Å². The summed E-state index contributed by atoms with van der Waals surface area (Å²) in [4.78, 5) is 0. The second kappa shape index (κ2) is 9.78. The molecule has 20 heavy (non-hydrogen) atoms. The largest absolute Gasteiger partial charge is 0.496 e. The summed E-state index contributed by atoms with van der Waals surface area (Å²) in [5, 5.41) is 3.40. The Morgan fingerprint density at radius 3 is 2.65 bits per heavy atom. The van der Waals surface area contributed by atoms with E-state index in [9.17, 15) is 0 Å². The maximum absolute atomic E-state index is 5.43. The minimum atomic E-state index is 0.718. The molecule has 0 bridgehead atoms. The van der Waals surface area contributed by atoms with Gasteiger partial charge in [-0.05, 0) is 50.3 Å². The monoisotopic (exact) mass is 279 g/mol. The van der Waals surface area contributed by atoms with Crippen molar-refractivity contribution < 1.29 is 9.47 Å². The maximum atomic E-state index is 5.43. The van der Waals surface area contributed by atoms with Crippen LogP contribution in [0.4, 0.5) is 0 Å². The zero-order valence-corrected chi connectivity index (χ0v) is 13.4. The molecule has 0 radical (unpaired) electrons. The lowest BCUT2D eigenvalue weighted by atomic mass is 9.97. The van der Waals surface area contributed by atoms with Gasteiger partial charge in [0.15, 0.2) is 0 Å². The van der Waals surface area contributed by atoms with E-state index in [-0.39, 0.29) is 0 Å². The molecular formula is C17H29NO2. The van der Waals surface area contributed by atoms with E-state index in [1.54, 1.807) is 14.2 Å². The SMILES string of the molecule is COCCNCCC(C)CCc1cc(C)ccc1OC. The summed E-state index contributed by atoms with van der Waals surface area (Å²) < 4.78 is 10.4. The lowest BCUT2D eigenvalue weighted by Gasteiger charge is -2.14. The number of aryl methyl sites for hydroxylation is 2. The topological polar surface area (TPSA) is 30.5 Å². The van der Waals surface area contributed by atoms with Crippen molar-refractivity contribution in [1.29, 1.82) is 0 Å². The third-order valence-electron chi connectivity index (χ3n) is 3.64. The first kappa shape index (κ1) is 17.0. The fraction of sp³-hybridized carbons (Fsp3) is 0.647. The molecule has 0 saturated carbocycles. The van der Waals surface area contributed by atoms with Gasteiger partial charge in [0.25, 0.3) is 0 Å². The fourth-order valence-electron chi connectivity index (χ4n) is 2.30. The van der Waals surface area contributed by atoms with Crippen LogP contribution >= 0.6 is 0 Å². The van der Waals surface area contributed by atoms with E-state index in [4.69, 9.17) is 9.47 Å². The predicted molar refractivity (Wildman–Crippen MR) is 84.6 cm³/mol. The minimum Gasteiger partial charge on any atom is -0.496 e. The van der Waals surface area contributed by atoms with Crippen LogP contribution in [-0.2, 0) is 11.2 Å². The highest BCUT2D eigenvalue weighted by atomic mass is 16.5. The third kappa shape index (κ3) is 6.40. The lowest BCUT2D eigenvalue weighted by molar-refractivity contribution is 0.199. The molecule has 1 rings (SSSR count). The van der Waals surface area contributed by atoms with Crippen molar-refractivity contribution >= 4 is 0 Å². The average Bonchev–Trinajstić information content (AvgIpc) is 2.45. The van der Waals surface area contributed by atoms with Crippen molar-refractivity contribution in [2.24, 2.45) is 5.92 Å². The van der Waals surface area contributed by atoms with E-state index in [1.165, 1.54) is 24.0 Å². The number of rotatable bonds is 10. The van der Waals surface area contributed by atoms with Gasteiger partial charge >= 0.3 is 0 Å². The zero-order chi connectivity index (χ0) is 14.8. The minimum absolute atomic E-state index is 0.718. The normalized spacial score (nSPS) is 12.4. The molecule has 0 aliphatic heterocycles. The fourth-order valence-corrected chi connectivity index (χ4v) is 2.30. The molecule has 0 aromatic heterocycles. The van der Waals surface area contributed by atoms with Crippen LogP contribution in [0.25, 0.3) is 0 Å². The maximum Gasteiger partial charge on any atom is 0.122 e. The van der Waals surface area contributed by atoms with Crippen LogP contribution < -0.4 is 10.1 Å². The first-order chi connectivity index (χ1) is 9.67. The van der Waals surface area contributed by atoms with Gasteiger partial charge in [-0.15, -0.1) is 0 Å². The summed E-state index contributed by atoms with van der Waals surface area (Å²) in [6.45, 7) is 7.24. The summed E-state index contributed by atoms with van der Waals surface area (Å²) in [6.07, 6.45) is 3.49. The molecule has 3 nitrogen and oxygen atoms in total. The standard InChI is InChI=1S/C17H29NO2/c1-14(9-10-18-11-12-19-3)5-7-16-13-15(2)6-8-17(16)20-4/h6,8,13-14,18H,5,7,9-12H2,1-4H3. The van der Waals surface area contributed by atoms with E-state index in [0.29, 0.717) is 0 Å². The summed E-state index contributed by atoms with van der Waals surface area (Å²) in [5.74, 6) is 1.73. The molecule has 0 aliphatic rings. The molecule has 1 unspecified atom stereocenters. The Labute approximate surface area is 123 Å². The Hall–Kier alpha value is -1.06. The Balaban J connectivity index is 2.30. The van der Waals surface area contributed by atoms with Crippen LogP contribution in [-0.4, -0.2) is 33.9 Å². The van der Waals surface area contributed by atoms with Crippen LogP contribution in [0, 0.1) is 12.8 Å². The van der Waals surface area contributed by atoms with Gasteiger partial charge in [0.2, 0.25) is 0 Å². The van der Waals surface area contributed by atoms with E-state index >= 15 is 0 Å². The van der Waals surface area contributed by atoms with Crippen molar-refractivity contribution in [3.05, 3.63) is 29.3 Å². The average molecular weight is 279 g/mol.